The molecular formula is C37H42. The molecule has 0 nitrogen and oxygen atoms in total. The molecule has 0 aliphatic heterocycles. The van der Waals surface area contributed by atoms with Crippen LogP contribution in [-0.4, -0.2) is 0 Å². The van der Waals surface area contributed by atoms with Crippen molar-refractivity contribution < 1.29 is 0 Å². The van der Waals surface area contributed by atoms with Crippen molar-refractivity contribution in [3.63, 3.8) is 0 Å². The highest BCUT2D eigenvalue weighted by molar-refractivity contribution is 5.86. The molecule has 1 aliphatic carbocycles. The van der Waals surface area contributed by atoms with Gasteiger partial charge in [-0.2, -0.15) is 0 Å². The van der Waals surface area contributed by atoms with Gasteiger partial charge in [-0.25, -0.2) is 0 Å². The van der Waals surface area contributed by atoms with Crippen LogP contribution in [0.1, 0.15) is 89.2 Å². The Hall–Kier alpha value is -3.12. The summed E-state index contributed by atoms with van der Waals surface area (Å²) in [5.41, 5.74) is 11.5. The molecule has 0 saturated carbocycles. The van der Waals surface area contributed by atoms with E-state index in [9.17, 15) is 0 Å². The Balaban J connectivity index is 1.64. The van der Waals surface area contributed by atoms with Crippen LogP contribution in [0.25, 0.3) is 33.4 Å². The van der Waals surface area contributed by atoms with Crippen LogP contribution in [0.5, 0.6) is 0 Å². The number of unbranched alkanes of at least 4 members (excludes halogenated alkanes) is 6. The fraction of sp³-hybridized carbons (Fsp3) is 0.351. The SMILES string of the molecule is CCCCCCC1(CCCCCC)c2cc(-c3ccccc3)ccc2-c2ccc(-c3ccccc3)cc21. The minimum atomic E-state index is 0.0989. The molecular weight excluding hydrogens is 444 g/mol. The van der Waals surface area contributed by atoms with Crippen molar-refractivity contribution in [2.24, 2.45) is 0 Å². The normalized spacial score (nSPS) is 13.4. The smallest absolute Gasteiger partial charge is 0.0215 e. The fourth-order valence-corrected chi connectivity index (χ4v) is 6.49. The zero-order chi connectivity index (χ0) is 25.5. The van der Waals surface area contributed by atoms with E-state index in [4.69, 9.17) is 0 Å². The van der Waals surface area contributed by atoms with Crippen molar-refractivity contribution in [3.8, 4) is 33.4 Å². The van der Waals surface area contributed by atoms with Gasteiger partial charge in [0.1, 0.15) is 0 Å². The molecule has 0 spiro atoms. The molecule has 190 valence electrons. The quantitative estimate of drug-likeness (QED) is 0.175. The molecule has 4 aromatic carbocycles. The van der Waals surface area contributed by atoms with E-state index in [0.717, 1.165) is 0 Å². The highest BCUT2D eigenvalue weighted by Crippen LogP contribution is 2.55. The fourth-order valence-electron chi connectivity index (χ4n) is 6.49. The maximum Gasteiger partial charge on any atom is 0.0215 e. The molecule has 4 aromatic rings. The monoisotopic (exact) mass is 486 g/mol. The Bertz CT molecular complexity index is 1180. The molecule has 1 aliphatic rings. The second kappa shape index (κ2) is 12.0. The first kappa shape index (κ1) is 25.5. The van der Waals surface area contributed by atoms with Crippen molar-refractivity contribution in [3.05, 3.63) is 108 Å². The molecule has 0 heterocycles. The Morgan fingerprint density at radius 2 is 0.865 bits per heavy atom. The predicted octanol–water partition coefficient (Wildman–Crippen LogP) is 11.2. The first-order chi connectivity index (χ1) is 18.3. The highest BCUT2D eigenvalue weighted by Gasteiger charge is 2.42. The number of hydrogen-bond donors (Lipinski definition) is 0. The van der Waals surface area contributed by atoms with E-state index in [1.54, 1.807) is 11.1 Å². The van der Waals surface area contributed by atoms with Gasteiger partial charge in [0.2, 0.25) is 0 Å². The average Bonchev–Trinajstić information content (AvgIpc) is 3.23. The summed E-state index contributed by atoms with van der Waals surface area (Å²) in [6, 6.07) is 36.5. The van der Waals surface area contributed by atoms with Crippen molar-refractivity contribution in [1.29, 1.82) is 0 Å². The summed E-state index contributed by atoms with van der Waals surface area (Å²) in [6.45, 7) is 4.64. The molecule has 0 unspecified atom stereocenters. The number of hydrogen-bond acceptors (Lipinski definition) is 0. The van der Waals surface area contributed by atoms with Crippen LogP contribution in [0, 0.1) is 0 Å². The number of benzene rings is 4. The third kappa shape index (κ3) is 5.30. The third-order valence-electron chi connectivity index (χ3n) is 8.49. The molecule has 0 atom stereocenters. The van der Waals surface area contributed by atoms with E-state index in [-0.39, 0.29) is 5.41 Å². The molecule has 0 bridgehead atoms. The van der Waals surface area contributed by atoms with Crippen LogP contribution in [0.4, 0.5) is 0 Å². The van der Waals surface area contributed by atoms with Gasteiger partial charge >= 0.3 is 0 Å². The third-order valence-corrected chi connectivity index (χ3v) is 8.49. The van der Waals surface area contributed by atoms with E-state index >= 15 is 0 Å². The largest absolute Gasteiger partial charge is 0.0654 e. The lowest BCUT2D eigenvalue weighted by molar-refractivity contribution is 0.401. The summed E-state index contributed by atoms with van der Waals surface area (Å²) in [5, 5.41) is 0. The van der Waals surface area contributed by atoms with Crippen LogP contribution in [0.2, 0.25) is 0 Å². The molecule has 0 aromatic heterocycles. The minimum absolute atomic E-state index is 0.0989. The van der Waals surface area contributed by atoms with Gasteiger partial charge in [-0.15, -0.1) is 0 Å². The van der Waals surface area contributed by atoms with E-state index in [2.05, 4.69) is 111 Å². The highest BCUT2D eigenvalue weighted by atomic mass is 14.5. The molecule has 0 N–H and O–H groups in total. The number of fused-ring (bicyclic) bond motifs is 3. The maximum atomic E-state index is 2.55. The maximum absolute atomic E-state index is 2.55. The van der Waals surface area contributed by atoms with Gasteiger partial charge in [0, 0.05) is 5.41 Å². The van der Waals surface area contributed by atoms with Crippen LogP contribution < -0.4 is 0 Å². The van der Waals surface area contributed by atoms with Gasteiger partial charge in [0.25, 0.3) is 0 Å². The lowest BCUT2D eigenvalue weighted by atomic mass is 9.70. The summed E-state index contributed by atoms with van der Waals surface area (Å²) in [7, 11) is 0. The molecule has 0 heteroatoms. The Morgan fingerprint density at radius 3 is 1.27 bits per heavy atom. The first-order valence-electron chi connectivity index (χ1n) is 14.7. The number of rotatable bonds is 12. The predicted molar refractivity (Wildman–Crippen MR) is 161 cm³/mol. The Morgan fingerprint density at radius 1 is 0.432 bits per heavy atom. The van der Waals surface area contributed by atoms with Crippen molar-refractivity contribution in [1.82, 2.24) is 0 Å². The van der Waals surface area contributed by atoms with E-state index in [1.807, 2.05) is 0 Å². The molecule has 0 amide bonds. The molecule has 37 heavy (non-hydrogen) atoms. The Labute approximate surface area is 224 Å². The van der Waals surface area contributed by atoms with Crippen LogP contribution >= 0.6 is 0 Å². The van der Waals surface area contributed by atoms with Crippen molar-refractivity contribution in [2.45, 2.75) is 83.5 Å². The summed E-state index contributed by atoms with van der Waals surface area (Å²) in [4.78, 5) is 0. The summed E-state index contributed by atoms with van der Waals surface area (Å²) in [6.07, 6.45) is 13.0. The molecule has 0 fully saturated rings. The van der Waals surface area contributed by atoms with Gasteiger partial charge in [0.15, 0.2) is 0 Å². The minimum Gasteiger partial charge on any atom is -0.0654 e. The van der Waals surface area contributed by atoms with Crippen LogP contribution in [0.15, 0.2) is 97.1 Å². The average molecular weight is 487 g/mol. The standard InChI is InChI=1S/C37H42/c1-3-5-7-15-25-37(26-16-8-6-4-2)35-27-31(29-17-11-9-12-18-29)21-23-33(35)34-24-22-32(28-36(34)37)30-19-13-10-14-20-30/h9-14,17-24,27-28H,3-8,15-16,25-26H2,1-2H3. The van der Waals surface area contributed by atoms with Gasteiger partial charge in [-0.05, 0) is 69.5 Å². The molecule has 0 radical (unpaired) electrons. The van der Waals surface area contributed by atoms with Crippen molar-refractivity contribution in [2.75, 3.05) is 0 Å². The first-order valence-corrected chi connectivity index (χ1v) is 14.7. The van der Waals surface area contributed by atoms with Gasteiger partial charge in [-0.3, -0.25) is 0 Å². The summed E-state index contributed by atoms with van der Waals surface area (Å²) >= 11 is 0. The molecule has 5 rings (SSSR count). The molecule has 0 saturated heterocycles. The van der Waals surface area contributed by atoms with Crippen LogP contribution in [-0.2, 0) is 5.41 Å². The van der Waals surface area contributed by atoms with E-state index in [1.165, 1.54) is 97.6 Å². The van der Waals surface area contributed by atoms with E-state index < -0.39 is 0 Å². The summed E-state index contributed by atoms with van der Waals surface area (Å²) in [5.74, 6) is 0. The van der Waals surface area contributed by atoms with Gasteiger partial charge in [0.05, 0.1) is 0 Å². The van der Waals surface area contributed by atoms with Gasteiger partial charge < -0.3 is 0 Å². The topological polar surface area (TPSA) is 0 Å². The zero-order valence-electron chi connectivity index (χ0n) is 22.8. The summed E-state index contributed by atoms with van der Waals surface area (Å²) < 4.78 is 0. The lowest BCUT2D eigenvalue weighted by Gasteiger charge is -2.33. The lowest BCUT2D eigenvalue weighted by Crippen LogP contribution is -2.25. The van der Waals surface area contributed by atoms with Crippen LogP contribution in [0.3, 0.4) is 0 Å². The van der Waals surface area contributed by atoms with Gasteiger partial charge in [-0.1, -0.05) is 150 Å². The Kier molecular flexibility index (Phi) is 8.24. The second-order valence-corrected chi connectivity index (χ2v) is 11.0. The zero-order valence-corrected chi connectivity index (χ0v) is 22.8. The van der Waals surface area contributed by atoms with E-state index in [0.29, 0.717) is 0 Å². The van der Waals surface area contributed by atoms with Crippen molar-refractivity contribution >= 4 is 0 Å². The second-order valence-electron chi connectivity index (χ2n) is 11.0.